The summed E-state index contributed by atoms with van der Waals surface area (Å²) < 4.78 is 31.4. The van der Waals surface area contributed by atoms with Gasteiger partial charge in [-0.05, 0) is 29.7 Å². The number of rotatable bonds is 9. The van der Waals surface area contributed by atoms with E-state index in [0.29, 0.717) is 34.7 Å². The van der Waals surface area contributed by atoms with Crippen molar-refractivity contribution < 1.29 is 28.2 Å². The zero-order valence-corrected chi connectivity index (χ0v) is 21.6. The van der Waals surface area contributed by atoms with Crippen LogP contribution >= 0.6 is 0 Å². The first kappa shape index (κ1) is 27.2. The van der Waals surface area contributed by atoms with Crippen molar-refractivity contribution in [2.75, 3.05) is 33.1 Å². The fourth-order valence-corrected chi connectivity index (χ4v) is 3.25. The molecule has 11 heteroatoms. The van der Waals surface area contributed by atoms with E-state index in [2.05, 4.69) is 26.1 Å². The highest BCUT2D eigenvalue weighted by atomic mass is 19.1. The van der Waals surface area contributed by atoms with Crippen LogP contribution in [0.25, 0.3) is 10.9 Å². The first-order valence-electron chi connectivity index (χ1n) is 11.4. The van der Waals surface area contributed by atoms with Crippen LogP contribution in [-0.4, -0.2) is 50.3 Å². The van der Waals surface area contributed by atoms with Crippen molar-refractivity contribution in [2.24, 2.45) is 10.5 Å². The van der Waals surface area contributed by atoms with Gasteiger partial charge in [0, 0.05) is 43.0 Å². The number of fused-ring (bicyclic) bond motifs is 1. The molecule has 10 nitrogen and oxygen atoms in total. The fraction of sp³-hybridized carbons (Fsp3) is 0.308. The number of carbonyl (C=O) groups excluding carboxylic acids is 2. The van der Waals surface area contributed by atoms with Crippen molar-refractivity contribution in [1.29, 1.82) is 0 Å². The quantitative estimate of drug-likeness (QED) is 0.226. The van der Waals surface area contributed by atoms with Crippen LogP contribution in [0.5, 0.6) is 23.0 Å². The minimum absolute atomic E-state index is 0.0766. The van der Waals surface area contributed by atoms with E-state index in [-0.39, 0.29) is 22.6 Å². The maximum Gasteiger partial charge on any atom is 0.281 e. The smallest absolute Gasteiger partial charge is 0.281 e. The number of carbonyl (C=O) groups is 2. The number of amides is 2. The van der Waals surface area contributed by atoms with Gasteiger partial charge >= 0.3 is 0 Å². The predicted octanol–water partition coefficient (Wildman–Crippen LogP) is 3.86. The first-order valence-corrected chi connectivity index (χ1v) is 11.4. The van der Waals surface area contributed by atoms with Crippen molar-refractivity contribution in [2.45, 2.75) is 20.8 Å². The highest BCUT2D eigenvalue weighted by Gasteiger charge is 2.23. The van der Waals surface area contributed by atoms with E-state index in [9.17, 15) is 14.0 Å². The molecule has 1 heterocycles. The van der Waals surface area contributed by atoms with E-state index in [0.717, 1.165) is 6.07 Å². The number of aromatic nitrogens is 1. The number of hydrogen-bond donors (Lipinski definition) is 3. The van der Waals surface area contributed by atoms with Crippen molar-refractivity contribution in [1.82, 2.24) is 15.7 Å². The molecule has 2 amide bonds. The number of halogens is 1. The van der Waals surface area contributed by atoms with Gasteiger partial charge in [-0.25, -0.2) is 4.39 Å². The van der Waals surface area contributed by atoms with Gasteiger partial charge in [-0.3, -0.25) is 14.6 Å². The molecular weight excluding hydrogens is 481 g/mol. The molecule has 3 aromatic rings. The summed E-state index contributed by atoms with van der Waals surface area (Å²) in [6.07, 6.45) is 1.53. The third-order valence-electron chi connectivity index (χ3n) is 5.05. The molecule has 0 unspecified atom stereocenters. The van der Waals surface area contributed by atoms with Gasteiger partial charge in [0.1, 0.15) is 5.75 Å². The predicted molar refractivity (Wildman–Crippen MR) is 139 cm³/mol. The lowest BCUT2D eigenvalue weighted by atomic mass is 9.97. The molecular formula is C26H30FN5O5. The van der Waals surface area contributed by atoms with Crippen LogP contribution < -0.4 is 30.3 Å². The normalized spacial score (nSPS) is 11.6. The second-order valence-corrected chi connectivity index (χ2v) is 9.16. The number of anilines is 1. The molecule has 196 valence electrons. The van der Waals surface area contributed by atoms with Crippen LogP contribution in [0.4, 0.5) is 10.1 Å². The van der Waals surface area contributed by atoms with E-state index in [4.69, 9.17) is 14.2 Å². The van der Waals surface area contributed by atoms with E-state index >= 15 is 0 Å². The molecule has 0 atom stereocenters. The molecule has 37 heavy (non-hydrogen) atoms. The van der Waals surface area contributed by atoms with Crippen LogP contribution in [0.2, 0.25) is 0 Å². The standard InChI is InChI=1S/C26H30FN5O5/c1-26(2,3)14-30-24(33)23(32-28-4)25(34)31-15-7-8-20(17(27)11-15)37-19-9-10-29-18-13-22(36-6)21(35-5)12-16(18)19/h7-13,28H,14H2,1-6H3,(H,30,33)(H,31,34)/b32-23+. The van der Waals surface area contributed by atoms with Gasteiger partial charge in [0.15, 0.2) is 23.1 Å². The Bertz CT molecular complexity index is 1340. The molecule has 0 radical (unpaired) electrons. The molecule has 0 saturated carbocycles. The van der Waals surface area contributed by atoms with Gasteiger partial charge in [-0.15, -0.1) is 0 Å². The lowest BCUT2D eigenvalue weighted by Crippen LogP contribution is -2.42. The van der Waals surface area contributed by atoms with Crippen molar-refractivity contribution in [3.8, 4) is 23.0 Å². The van der Waals surface area contributed by atoms with E-state index in [1.807, 2.05) is 20.8 Å². The molecule has 0 aliphatic carbocycles. The van der Waals surface area contributed by atoms with E-state index in [1.54, 1.807) is 18.2 Å². The Morgan fingerprint density at radius 1 is 0.973 bits per heavy atom. The second-order valence-electron chi connectivity index (χ2n) is 9.16. The van der Waals surface area contributed by atoms with Gasteiger partial charge in [0.25, 0.3) is 11.8 Å². The van der Waals surface area contributed by atoms with Crippen LogP contribution in [0.1, 0.15) is 20.8 Å². The van der Waals surface area contributed by atoms with Crippen molar-refractivity contribution in [3.63, 3.8) is 0 Å². The summed E-state index contributed by atoms with van der Waals surface area (Å²) in [5, 5.41) is 9.51. The lowest BCUT2D eigenvalue weighted by molar-refractivity contribution is -0.117. The Balaban J connectivity index is 1.80. The number of hydrazone groups is 1. The summed E-state index contributed by atoms with van der Waals surface area (Å²) in [7, 11) is 4.49. The van der Waals surface area contributed by atoms with Crippen molar-refractivity contribution >= 4 is 34.1 Å². The van der Waals surface area contributed by atoms with Gasteiger partial charge in [-0.2, -0.15) is 5.10 Å². The molecule has 0 aliphatic rings. The number of hydrogen-bond acceptors (Lipinski definition) is 8. The Morgan fingerprint density at radius 2 is 1.68 bits per heavy atom. The molecule has 0 spiro atoms. The Hall–Kier alpha value is -4.41. The number of nitrogens with one attached hydrogen (secondary N) is 3. The molecule has 0 aliphatic heterocycles. The summed E-state index contributed by atoms with van der Waals surface area (Å²) in [5.41, 5.74) is 2.55. The Morgan fingerprint density at radius 3 is 2.30 bits per heavy atom. The van der Waals surface area contributed by atoms with Gasteiger partial charge in [0.2, 0.25) is 5.71 Å². The van der Waals surface area contributed by atoms with E-state index in [1.165, 1.54) is 39.6 Å². The van der Waals surface area contributed by atoms with Crippen molar-refractivity contribution in [3.05, 3.63) is 48.4 Å². The van der Waals surface area contributed by atoms with Gasteiger partial charge in [-0.1, -0.05) is 20.8 Å². The van der Waals surface area contributed by atoms with Gasteiger partial charge in [0.05, 0.1) is 19.7 Å². The number of nitrogens with zero attached hydrogens (tertiary/aromatic N) is 2. The molecule has 0 saturated heterocycles. The maximum atomic E-state index is 15.0. The highest BCUT2D eigenvalue weighted by Crippen LogP contribution is 2.37. The zero-order chi connectivity index (χ0) is 27.2. The monoisotopic (exact) mass is 511 g/mol. The largest absolute Gasteiger partial charge is 0.493 e. The summed E-state index contributed by atoms with van der Waals surface area (Å²) >= 11 is 0. The maximum absolute atomic E-state index is 15.0. The Kier molecular flexibility index (Phi) is 8.49. The average molecular weight is 512 g/mol. The Labute approximate surface area is 214 Å². The minimum Gasteiger partial charge on any atom is -0.493 e. The molecule has 0 fully saturated rings. The third kappa shape index (κ3) is 6.84. The summed E-state index contributed by atoms with van der Waals surface area (Å²) in [5.74, 6) is -0.939. The van der Waals surface area contributed by atoms with Crippen LogP contribution in [-0.2, 0) is 9.59 Å². The topological polar surface area (TPSA) is 123 Å². The summed E-state index contributed by atoms with van der Waals surface area (Å²) in [6.45, 7) is 6.16. The highest BCUT2D eigenvalue weighted by molar-refractivity contribution is 6.67. The third-order valence-corrected chi connectivity index (χ3v) is 5.05. The number of benzene rings is 2. The molecule has 1 aromatic heterocycles. The number of methoxy groups -OCH3 is 2. The SMILES string of the molecule is CN/N=C(\C(=O)NCC(C)(C)C)C(=O)Nc1ccc(Oc2ccnc3cc(OC)c(OC)cc23)c(F)c1. The van der Waals surface area contributed by atoms with Crippen LogP contribution in [0, 0.1) is 11.2 Å². The molecule has 3 N–H and O–H groups in total. The van der Waals surface area contributed by atoms with Crippen LogP contribution in [0.15, 0.2) is 47.7 Å². The summed E-state index contributed by atoms with van der Waals surface area (Å²) in [6, 6.07) is 8.89. The average Bonchev–Trinajstić information content (AvgIpc) is 2.86. The number of ether oxygens (including phenoxy) is 3. The summed E-state index contributed by atoms with van der Waals surface area (Å²) in [4.78, 5) is 29.5. The lowest BCUT2D eigenvalue weighted by Gasteiger charge is -2.19. The number of pyridine rings is 1. The van der Waals surface area contributed by atoms with E-state index < -0.39 is 17.6 Å². The molecule has 0 bridgehead atoms. The first-order chi connectivity index (χ1) is 17.6. The minimum atomic E-state index is -0.796. The van der Waals surface area contributed by atoms with Crippen LogP contribution in [0.3, 0.4) is 0 Å². The zero-order valence-electron chi connectivity index (χ0n) is 21.6. The second kappa shape index (κ2) is 11.5. The molecule has 2 aromatic carbocycles. The fourth-order valence-electron chi connectivity index (χ4n) is 3.25. The van der Waals surface area contributed by atoms with Gasteiger partial charge < -0.3 is 30.3 Å². The molecule has 3 rings (SSSR count).